The number of carbonyl (C=O) groups excluding carboxylic acids is 1. The SMILES string of the molecule is CN(C(=O)Cl)C(Br)C#N. The number of rotatable bonds is 1. The Morgan fingerprint density at radius 3 is 2.56 bits per heavy atom. The molecule has 0 radical (unpaired) electrons. The summed E-state index contributed by atoms with van der Waals surface area (Å²) in [5.41, 5.74) is 0. The van der Waals surface area contributed by atoms with E-state index in [2.05, 4.69) is 15.9 Å². The molecule has 0 aromatic heterocycles. The summed E-state index contributed by atoms with van der Waals surface area (Å²) in [4.78, 5) is 10.7. The van der Waals surface area contributed by atoms with E-state index in [0.29, 0.717) is 0 Å². The first-order valence-corrected chi connectivity index (χ1v) is 3.35. The van der Waals surface area contributed by atoms with E-state index in [9.17, 15) is 4.79 Å². The highest BCUT2D eigenvalue weighted by atomic mass is 79.9. The summed E-state index contributed by atoms with van der Waals surface area (Å²) in [5, 5.41) is 7.55. The van der Waals surface area contributed by atoms with Crippen molar-refractivity contribution < 1.29 is 4.79 Å². The monoisotopic (exact) mass is 210 g/mol. The zero-order valence-electron chi connectivity index (χ0n) is 4.64. The average Bonchev–Trinajstić information content (AvgIpc) is 1.84. The molecule has 0 fully saturated rings. The van der Waals surface area contributed by atoms with Gasteiger partial charge in [-0.2, -0.15) is 5.26 Å². The van der Waals surface area contributed by atoms with Crippen molar-refractivity contribution in [2.45, 2.75) is 4.95 Å². The molecule has 0 aliphatic heterocycles. The highest BCUT2D eigenvalue weighted by Crippen LogP contribution is 2.05. The van der Waals surface area contributed by atoms with Crippen molar-refractivity contribution in [2.75, 3.05) is 7.05 Å². The molecule has 0 heterocycles. The summed E-state index contributed by atoms with van der Waals surface area (Å²) >= 11 is 7.91. The largest absolute Gasteiger partial charge is 0.317 e. The van der Waals surface area contributed by atoms with Crippen molar-refractivity contribution in [3.63, 3.8) is 0 Å². The Labute approximate surface area is 66.3 Å². The van der Waals surface area contributed by atoms with Gasteiger partial charge in [-0.15, -0.1) is 0 Å². The van der Waals surface area contributed by atoms with E-state index in [0.717, 1.165) is 4.90 Å². The summed E-state index contributed by atoms with van der Waals surface area (Å²) in [6, 6.07) is 1.78. The number of carbonyl (C=O) groups is 1. The number of nitriles is 1. The van der Waals surface area contributed by atoms with Gasteiger partial charge in [-0.25, -0.2) is 0 Å². The number of halogens is 2. The fraction of sp³-hybridized carbons (Fsp3) is 0.500. The van der Waals surface area contributed by atoms with Gasteiger partial charge in [0.2, 0.25) is 0 Å². The smallest absolute Gasteiger partial charge is 0.307 e. The van der Waals surface area contributed by atoms with Crippen LogP contribution in [0.15, 0.2) is 0 Å². The highest BCUT2D eigenvalue weighted by molar-refractivity contribution is 9.09. The predicted octanol–water partition coefficient (Wildman–Crippen LogP) is 1.52. The molecule has 1 unspecified atom stereocenters. The van der Waals surface area contributed by atoms with E-state index >= 15 is 0 Å². The van der Waals surface area contributed by atoms with Crippen molar-refractivity contribution in [1.82, 2.24) is 4.90 Å². The van der Waals surface area contributed by atoms with Crippen LogP contribution < -0.4 is 0 Å². The standard InChI is InChI=1S/C4H4BrClN2O/c1-8(4(6)9)3(5)2-7/h3H,1H3. The van der Waals surface area contributed by atoms with E-state index < -0.39 is 10.3 Å². The lowest BCUT2D eigenvalue weighted by Gasteiger charge is -2.12. The summed E-state index contributed by atoms with van der Waals surface area (Å²) in [5.74, 6) is 0. The molecule has 0 aromatic rings. The number of hydrogen-bond acceptors (Lipinski definition) is 2. The van der Waals surface area contributed by atoms with Crippen LogP contribution in [0.5, 0.6) is 0 Å². The Morgan fingerprint density at radius 2 is 2.44 bits per heavy atom. The first kappa shape index (κ1) is 8.73. The molecule has 1 amide bonds. The number of hydrogen-bond donors (Lipinski definition) is 0. The van der Waals surface area contributed by atoms with Crippen LogP contribution >= 0.6 is 27.5 Å². The van der Waals surface area contributed by atoms with Crippen molar-refractivity contribution in [1.29, 1.82) is 5.26 Å². The molecule has 0 bridgehead atoms. The molecule has 0 saturated heterocycles. The summed E-state index contributed by atoms with van der Waals surface area (Å²) in [6.45, 7) is 0. The lowest BCUT2D eigenvalue weighted by molar-refractivity contribution is 0.234. The van der Waals surface area contributed by atoms with Crippen molar-refractivity contribution in [3.05, 3.63) is 0 Å². The summed E-state index contributed by atoms with van der Waals surface area (Å²) < 4.78 is 0. The quantitative estimate of drug-likeness (QED) is 0.375. The van der Waals surface area contributed by atoms with E-state index in [-0.39, 0.29) is 0 Å². The van der Waals surface area contributed by atoms with Crippen LogP contribution in [0.1, 0.15) is 0 Å². The minimum absolute atomic E-state index is 0.637. The maximum atomic E-state index is 10.3. The first-order chi connectivity index (χ1) is 4.09. The molecule has 0 N–H and O–H groups in total. The summed E-state index contributed by atoms with van der Waals surface area (Å²) in [7, 11) is 1.43. The molecule has 0 aromatic carbocycles. The van der Waals surface area contributed by atoms with Gasteiger partial charge in [0.1, 0.15) is 0 Å². The van der Waals surface area contributed by atoms with Gasteiger partial charge in [-0.05, 0) is 27.5 Å². The van der Waals surface area contributed by atoms with Gasteiger partial charge in [0.05, 0.1) is 6.07 Å². The number of nitrogens with zero attached hydrogens (tertiary/aromatic N) is 2. The lowest BCUT2D eigenvalue weighted by Crippen LogP contribution is -2.27. The van der Waals surface area contributed by atoms with Crippen LogP contribution in [0.4, 0.5) is 4.79 Å². The van der Waals surface area contributed by atoms with Gasteiger partial charge in [-0.3, -0.25) is 4.79 Å². The zero-order valence-corrected chi connectivity index (χ0v) is 6.98. The third kappa shape index (κ3) is 2.68. The molecule has 9 heavy (non-hydrogen) atoms. The van der Waals surface area contributed by atoms with Crippen LogP contribution in [0.3, 0.4) is 0 Å². The molecule has 3 nitrogen and oxygen atoms in total. The van der Waals surface area contributed by atoms with Gasteiger partial charge < -0.3 is 4.90 Å². The normalized spacial score (nSPS) is 11.8. The maximum absolute atomic E-state index is 10.3. The van der Waals surface area contributed by atoms with Crippen LogP contribution in [0.25, 0.3) is 0 Å². The third-order valence-corrected chi connectivity index (χ3v) is 1.81. The fourth-order valence-electron chi connectivity index (χ4n) is 0.176. The van der Waals surface area contributed by atoms with Gasteiger partial charge in [0.25, 0.3) is 0 Å². The van der Waals surface area contributed by atoms with Gasteiger partial charge in [-0.1, -0.05) is 0 Å². The van der Waals surface area contributed by atoms with Gasteiger partial charge in [0, 0.05) is 7.05 Å². The molecule has 0 spiro atoms. The van der Waals surface area contributed by atoms with E-state index in [1.165, 1.54) is 7.05 Å². The Hall–Kier alpha value is -0.270. The molecular formula is C4H4BrClN2O. The van der Waals surface area contributed by atoms with E-state index in [1.807, 2.05) is 0 Å². The van der Waals surface area contributed by atoms with Crippen molar-refractivity contribution >= 4 is 32.9 Å². The zero-order chi connectivity index (χ0) is 7.44. The molecular weight excluding hydrogens is 207 g/mol. The predicted molar refractivity (Wildman–Crippen MR) is 37.3 cm³/mol. The average molecular weight is 211 g/mol. The lowest BCUT2D eigenvalue weighted by atomic mass is 10.7. The van der Waals surface area contributed by atoms with Gasteiger partial charge >= 0.3 is 5.37 Å². The molecule has 50 valence electrons. The van der Waals surface area contributed by atoms with E-state index in [1.54, 1.807) is 6.07 Å². The second-order valence-electron chi connectivity index (χ2n) is 1.33. The molecule has 0 aliphatic carbocycles. The van der Waals surface area contributed by atoms with E-state index in [4.69, 9.17) is 16.9 Å². The van der Waals surface area contributed by atoms with Gasteiger partial charge in [0.15, 0.2) is 4.95 Å². The molecule has 0 aliphatic rings. The number of amides is 1. The second kappa shape index (κ2) is 3.70. The Balaban J connectivity index is 3.91. The third-order valence-electron chi connectivity index (χ3n) is 0.724. The Kier molecular flexibility index (Phi) is 3.59. The maximum Gasteiger partial charge on any atom is 0.317 e. The molecule has 0 rings (SSSR count). The minimum Gasteiger partial charge on any atom is -0.307 e. The van der Waals surface area contributed by atoms with Crippen LogP contribution in [-0.4, -0.2) is 22.3 Å². The number of alkyl halides is 1. The topological polar surface area (TPSA) is 44.1 Å². The Bertz CT molecular complexity index is 155. The molecule has 5 heteroatoms. The minimum atomic E-state index is -0.654. The molecule has 1 atom stereocenters. The molecule has 0 saturated carbocycles. The Morgan fingerprint density at radius 1 is 2.00 bits per heavy atom. The highest BCUT2D eigenvalue weighted by Gasteiger charge is 2.12. The van der Waals surface area contributed by atoms with Crippen LogP contribution in [0.2, 0.25) is 0 Å². The fourth-order valence-corrected chi connectivity index (χ4v) is 0.577. The summed E-state index contributed by atoms with van der Waals surface area (Å²) in [6.07, 6.45) is 0. The van der Waals surface area contributed by atoms with Crippen LogP contribution in [-0.2, 0) is 0 Å². The van der Waals surface area contributed by atoms with Crippen molar-refractivity contribution in [3.8, 4) is 6.07 Å². The first-order valence-electron chi connectivity index (χ1n) is 2.05. The second-order valence-corrected chi connectivity index (χ2v) is 2.52. The van der Waals surface area contributed by atoms with Crippen molar-refractivity contribution in [2.24, 2.45) is 0 Å². The van der Waals surface area contributed by atoms with Crippen LogP contribution in [0, 0.1) is 11.3 Å².